The van der Waals surface area contributed by atoms with Gasteiger partial charge in [-0.1, -0.05) is 41.4 Å². The molecule has 0 aliphatic carbocycles. The van der Waals surface area contributed by atoms with E-state index in [2.05, 4.69) is 4.98 Å². The van der Waals surface area contributed by atoms with Gasteiger partial charge >= 0.3 is 5.69 Å². The molecule has 7 heteroatoms. The van der Waals surface area contributed by atoms with Gasteiger partial charge in [-0.3, -0.25) is 14.3 Å². The lowest BCUT2D eigenvalue weighted by atomic mass is 10.1. The largest absolute Gasteiger partial charge is 0.379 e. The van der Waals surface area contributed by atoms with E-state index in [1.54, 1.807) is 24.3 Å². The number of H-pyrrole nitrogens is 1. The van der Waals surface area contributed by atoms with Crippen LogP contribution in [0.2, 0.25) is 10.2 Å². The zero-order valence-corrected chi connectivity index (χ0v) is 12.4. The maximum atomic E-state index is 12.7. The third kappa shape index (κ3) is 2.52. The molecule has 3 rings (SSSR count). The fourth-order valence-electron chi connectivity index (χ4n) is 2.48. The molecule has 110 valence electrons. The van der Waals surface area contributed by atoms with Crippen molar-refractivity contribution in [1.29, 1.82) is 0 Å². The monoisotopic (exact) mass is 326 g/mol. The summed E-state index contributed by atoms with van der Waals surface area (Å²) in [4.78, 5) is 27.3. The third-order valence-electron chi connectivity index (χ3n) is 3.50. The fourth-order valence-corrected chi connectivity index (χ4v) is 2.97. The Kier molecular flexibility index (Phi) is 3.89. The molecule has 1 atom stereocenters. The van der Waals surface area contributed by atoms with Crippen LogP contribution in [-0.2, 0) is 4.74 Å². The van der Waals surface area contributed by atoms with Gasteiger partial charge in [0.05, 0.1) is 18.2 Å². The molecule has 1 aromatic carbocycles. The molecule has 21 heavy (non-hydrogen) atoms. The molecule has 0 amide bonds. The van der Waals surface area contributed by atoms with Crippen molar-refractivity contribution in [2.75, 3.05) is 13.2 Å². The molecule has 1 unspecified atom stereocenters. The van der Waals surface area contributed by atoms with Gasteiger partial charge in [-0.15, -0.1) is 0 Å². The van der Waals surface area contributed by atoms with E-state index in [1.165, 1.54) is 0 Å². The topological polar surface area (TPSA) is 64.1 Å². The number of nitrogens with zero attached hydrogens (tertiary/aromatic N) is 1. The van der Waals surface area contributed by atoms with E-state index in [9.17, 15) is 9.59 Å². The second kappa shape index (κ2) is 5.67. The maximum Gasteiger partial charge on any atom is 0.329 e. The van der Waals surface area contributed by atoms with Crippen LogP contribution in [0.5, 0.6) is 0 Å². The average molecular weight is 327 g/mol. The normalized spacial score (nSPS) is 18.1. The molecular weight excluding hydrogens is 315 g/mol. The zero-order valence-electron chi connectivity index (χ0n) is 10.9. The first kappa shape index (κ1) is 14.4. The minimum absolute atomic E-state index is 0.00624. The molecule has 2 heterocycles. The highest BCUT2D eigenvalue weighted by Crippen LogP contribution is 2.29. The first-order chi connectivity index (χ1) is 10.1. The standard InChI is InChI=1S/C14H12Cl2N2O3/c15-10-4-2-1-3-9(10)11-12(16)17-14(20)18(13(11)19)8-5-6-21-7-8/h1-4,8H,5-7H2,(H,17,20). The molecule has 0 radical (unpaired) electrons. The van der Waals surface area contributed by atoms with Gasteiger partial charge in [-0.25, -0.2) is 4.79 Å². The van der Waals surface area contributed by atoms with Crippen LogP contribution in [0.15, 0.2) is 33.9 Å². The Hall–Kier alpha value is -1.56. The van der Waals surface area contributed by atoms with Gasteiger partial charge in [0.1, 0.15) is 5.15 Å². The van der Waals surface area contributed by atoms with Crippen LogP contribution in [-0.4, -0.2) is 22.8 Å². The van der Waals surface area contributed by atoms with E-state index >= 15 is 0 Å². The van der Waals surface area contributed by atoms with Crippen molar-refractivity contribution in [2.24, 2.45) is 0 Å². The van der Waals surface area contributed by atoms with Crippen LogP contribution in [0.1, 0.15) is 12.5 Å². The number of hydrogen-bond donors (Lipinski definition) is 1. The number of benzene rings is 1. The molecule has 1 aliphatic rings. The van der Waals surface area contributed by atoms with Crippen molar-refractivity contribution in [2.45, 2.75) is 12.5 Å². The molecule has 1 aliphatic heterocycles. The molecule has 1 fully saturated rings. The lowest BCUT2D eigenvalue weighted by Gasteiger charge is -2.14. The number of aromatic nitrogens is 2. The Morgan fingerprint density at radius 3 is 2.67 bits per heavy atom. The van der Waals surface area contributed by atoms with Gasteiger partial charge < -0.3 is 4.74 Å². The molecule has 1 N–H and O–H groups in total. The van der Waals surface area contributed by atoms with E-state index in [0.29, 0.717) is 30.2 Å². The van der Waals surface area contributed by atoms with Crippen molar-refractivity contribution >= 4 is 23.2 Å². The van der Waals surface area contributed by atoms with Gasteiger partial charge in [0.25, 0.3) is 5.56 Å². The quantitative estimate of drug-likeness (QED) is 0.862. The number of nitrogens with one attached hydrogen (secondary N) is 1. The lowest BCUT2D eigenvalue weighted by molar-refractivity contribution is 0.185. The smallest absolute Gasteiger partial charge is 0.329 e. The van der Waals surface area contributed by atoms with Crippen molar-refractivity contribution < 1.29 is 4.74 Å². The lowest BCUT2D eigenvalue weighted by Crippen LogP contribution is -2.39. The summed E-state index contributed by atoms with van der Waals surface area (Å²) >= 11 is 12.2. The highest BCUT2D eigenvalue weighted by atomic mass is 35.5. The molecule has 0 saturated carbocycles. The molecule has 1 aromatic heterocycles. The fraction of sp³-hybridized carbons (Fsp3) is 0.286. The first-order valence-electron chi connectivity index (χ1n) is 6.46. The van der Waals surface area contributed by atoms with E-state index in [-0.39, 0.29) is 16.8 Å². The predicted octanol–water partition coefficient (Wildman–Crippen LogP) is 2.47. The Morgan fingerprint density at radius 1 is 1.24 bits per heavy atom. The average Bonchev–Trinajstić information content (AvgIpc) is 2.94. The predicted molar refractivity (Wildman–Crippen MR) is 81.3 cm³/mol. The van der Waals surface area contributed by atoms with Crippen molar-refractivity contribution in [1.82, 2.24) is 9.55 Å². The molecule has 0 spiro atoms. The summed E-state index contributed by atoms with van der Waals surface area (Å²) in [5.74, 6) is 0. The number of aromatic amines is 1. The van der Waals surface area contributed by atoms with Crippen molar-refractivity contribution in [3.63, 3.8) is 0 Å². The van der Waals surface area contributed by atoms with Crippen LogP contribution < -0.4 is 11.2 Å². The van der Waals surface area contributed by atoms with E-state index in [4.69, 9.17) is 27.9 Å². The first-order valence-corrected chi connectivity index (χ1v) is 7.22. The van der Waals surface area contributed by atoms with Crippen LogP contribution in [0.25, 0.3) is 11.1 Å². The van der Waals surface area contributed by atoms with E-state index < -0.39 is 11.2 Å². The van der Waals surface area contributed by atoms with Gasteiger partial charge in [0.15, 0.2) is 0 Å². The highest BCUT2D eigenvalue weighted by molar-refractivity contribution is 6.35. The summed E-state index contributed by atoms with van der Waals surface area (Å²) in [6, 6.07) is 6.60. The van der Waals surface area contributed by atoms with Crippen LogP contribution in [0.4, 0.5) is 0 Å². The minimum Gasteiger partial charge on any atom is -0.379 e. The van der Waals surface area contributed by atoms with Crippen molar-refractivity contribution in [3.8, 4) is 11.1 Å². The van der Waals surface area contributed by atoms with Gasteiger partial charge in [0, 0.05) is 17.2 Å². The minimum atomic E-state index is -0.531. The second-order valence-electron chi connectivity index (χ2n) is 4.79. The Balaban J connectivity index is 2.27. The molecule has 0 bridgehead atoms. The third-order valence-corrected chi connectivity index (χ3v) is 4.11. The van der Waals surface area contributed by atoms with Crippen molar-refractivity contribution in [3.05, 3.63) is 55.3 Å². The zero-order chi connectivity index (χ0) is 15.0. The maximum absolute atomic E-state index is 12.7. The number of rotatable bonds is 2. The van der Waals surface area contributed by atoms with E-state index in [0.717, 1.165) is 4.57 Å². The summed E-state index contributed by atoms with van der Waals surface area (Å²) in [6.07, 6.45) is 0.618. The highest BCUT2D eigenvalue weighted by Gasteiger charge is 2.24. The summed E-state index contributed by atoms with van der Waals surface area (Å²) < 4.78 is 6.41. The van der Waals surface area contributed by atoms with Crippen LogP contribution in [0, 0.1) is 0 Å². The van der Waals surface area contributed by atoms with Crippen LogP contribution in [0.3, 0.4) is 0 Å². The molecule has 2 aromatic rings. The molecular formula is C14H12Cl2N2O3. The van der Waals surface area contributed by atoms with Gasteiger partial charge in [-0.05, 0) is 12.5 Å². The van der Waals surface area contributed by atoms with Gasteiger partial charge in [-0.2, -0.15) is 0 Å². The van der Waals surface area contributed by atoms with E-state index in [1.807, 2.05) is 0 Å². The Morgan fingerprint density at radius 2 is 2.00 bits per heavy atom. The number of halogens is 2. The second-order valence-corrected chi connectivity index (χ2v) is 5.58. The summed E-state index contributed by atoms with van der Waals surface area (Å²) in [5, 5.41) is 0.394. The summed E-state index contributed by atoms with van der Waals surface area (Å²) in [7, 11) is 0. The van der Waals surface area contributed by atoms with Gasteiger partial charge in [0.2, 0.25) is 0 Å². The SMILES string of the molecule is O=c1[nH]c(Cl)c(-c2ccccc2Cl)c(=O)n1C1CCOC1. The Bertz CT molecular complexity index is 792. The molecule has 5 nitrogen and oxygen atoms in total. The number of hydrogen-bond acceptors (Lipinski definition) is 3. The van der Waals surface area contributed by atoms with Crippen LogP contribution >= 0.6 is 23.2 Å². The Labute approximate surface area is 130 Å². The summed E-state index contributed by atoms with van der Waals surface area (Å²) in [5.41, 5.74) is -0.282. The summed E-state index contributed by atoms with van der Waals surface area (Å²) in [6.45, 7) is 0.868. The molecule has 1 saturated heterocycles. The number of ether oxygens (including phenoxy) is 1.